The maximum atomic E-state index is 12.8. The number of aliphatic hydroxyl groups is 1. The molecule has 0 spiro atoms. The Morgan fingerprint density at radius 1 is 1.31 bits per heavy atom. The molecule has 1 aromatic heterocycles. The monoisotopic (exact) mass is 354 g/mol. The predicted octanol–water partition coefficient (Wildman–Crippen LogP) is 2.92. The number of carbonyl (C=O) groups excluding carboxylic acids is 1. The van der Waals surface area contributed by atoms with Crippen LogP contribution in [0.2, 0.25) is 0 Å². The van der Waals surface area contributed by atoms with E-state index in [1.807, 2.05) is 47.4 Å². The average molecular weight is 354 g/mol. The number of hydrogen-bond donors (Lipinski definition) is 1. The summed E-state index contributed by atoms with van der Waals surface area (Å²) in [5, 5.41) is 11.2. The molecule has 2 atom stereocenters. The molecule has 1 aliphatic rings. The molecule has 5 nitrogen and oxygen atoms in total. The van der Waals surface area contributed by atoms with Crippen molar-refractivity contribution in [2.75, 3.05) is 13.7 Å². The van der Waals surface area contributed by atoms with E-state index in [4.69, 9.17) is 4.74 Å². The van der Waals surface area contributed by atoms with Crippen LogP contribution < -0.4 is 4.74 Å². The Morgan fingerprint density at radius 2 is 2.08 bits per heavy atom. The van der Waals surface area contributed by atoms with E-state index in [0.717, 1.165) is 29.8 Å². The summed E-state index contributed by atoms with van der Waals surface area (Å²) in [6.45, 7) is 2.49. The first-order valence-corrected chi connectivity index (χ1v) is 9.08. The van der Waals surface area contributed by atoms with E-state index < -0.39 is 5.60 Å². The highest BCUT2D eigenvalue weighted by molar-refractivity contribution is 5.77. The summed E-state index contributed by atoms with van der Waals surface area (Å²) in [5.41, 5.74) is 0.620. The van der Waals surface area contributed by atoms with Crippen molar-refractivity contribution in [3.05, 3.63) is 59.9 Å². The molecule has 0 radical (unpaired) electrons. The molecular formula is C21H26N2O3. The summed E-state index contributed by atoms with van der Waals surface area (Å²) in [7, 11) is 1.62. The van der Waals surface area contributed by atoms with Gasteiger partial charge in [0.1, 0.15) is 11.4 Å². The molecule has 1 fully saturated rings. The van der Waals surface area contributed by atoms with Crippen LogP contribution in [-0.4, -0.2) is 40.6 Å². The van der Waals surface area contributed by atoms with E-state index in [9.17, 15) is 9.90 Å². The number of carbonyl (C=O) groups is 1. The van der Waals surface area contributed by atoms with Crippen LogP contribution in [0.25, 0.3) is 0 Å². The van der Waals surface area contributed by atoms with Crippen molar-refractivity contribution >= 4 is 5.91 Å². The van der Waals surface area contributed by atoms with Crippen molar-refractivity contribution in [1.82, 2.24) is 9.88 Å². The molecule has 2 aromatic rings. The van der Waals surface area contributed by atoms with E-state index in [0.29, 0.717) is 19.4 Å². The highest BCUT2D eigenvalue weighted by atomic mass is 16.5. The molecule has 5 heteroatoms. The van der Waals surface area contributed by atoms with Gasteiger partial charge in [-0.1, -0.05) is 18.2 Å². The highest BCUT2D eigenvalue weighted by Crippen LogP contribution is 2.35. The van der Waals surface area contributed by atoms with Crippen molar-refractivity contribution in [1.29, 1.82) is 0 Å². The zero-order valence-electron chi connectivity index (χ0n) is 15.4. The number of likely N-dealkylation sites (tertiary alicyclic amines) is 1. The number of pyridine rings is 1. The fraction of sp³-hybridized carbons (Fsp3) is 0.429. The first-order chi connectivity index (χ1) is 12.5. The molecule has 1 saturated heterocycles. The molecule has 3 rings (SSSR count). The Bertz CT molecular complexity index is 729. The molecule has 0 saturated carbocycles. The van der Waals surface area contributed by atoms with Crippen molar-refractivity contribution in [2.45, 2.75) is 44.2 Å². The standard InChI is InChI=1S/C21H26N2O3/c1-21(25,16-8-11-18(26-2)12-9-16)19-7-5-15-23(19)20(24)13-10-17-6-3-4-14-22-17/h3-4,6,8-9,11-12,14,19,25H,5,7,10,13,15H2,1-2H3/t19-,21+/m0/s1. The second-order valence-electron chi connectivity index (χ2n) is 6.94. The molecule has 0 unspecified atom stereocenters. The average Bonchev–Trinajstić information content (AvgIpc) is 3.18. The normalized spacial score (nSPS) is 19.2. The van der Waals surface area contributed by atoms with Gasteiger partial charge in [-0.2, -0.15) is 0 Å². The predicted molar refractivity (Wildman–Crippen MR) is 99.9 cm³/mol. The molecule has 2 heterocycles. The maximum Gasteiger partial charge on any atom is 0.223 e. The van der Waals surface area contributed by atoms with Gasteiger partial charge in [-0.05, 0) is 56.0 Å². The summed E-state index contributed by atoms with van der Waals surface area (Å²) in [6.07, 6.45) is 4.48. The van der Waals surface area contributed by atoms with Crippen LogP contribution >= 0.6 is 0 Å². The molecule has 1 aliphatic heterocycles. The van der Waals surface area contributed by atoms with Crippen molar-refractivity contribution in [3.63, 3.8) is 0 Å². The van der Waals surface area contributed by atoms with E-state index in [1.54, 1.807) is 20.2 Å². The van der Waals surface area contributed by atoms with Crippen LogP contribution in [0.5, 0.6) is 5.75 Å². The van der Waals surface area contributed by atoms with Gasteiger partial charge in [0.05, 0.1) is 13.2 Å². The Balaban J connectivity index is 1.70. The molecule has 1 N–H and O–H groups in total. The van der Waals surface area contributed by atoms with Crippen molar-refractivity contribution in [2.24, 2.45) is 0 Å². The summed E-state index contributed by atoms with van der Waals surface area (Å²) in [4.78, 5) is 18.9. The zero-order chi connectivity index (χ0) is 18.6. The van der Waals surface area contributed by atoms with Crippen LogP contribution in [-0.2, 0) is 16.8 Å². The van der Waals surface area contributed by atoms with Crippen LogP contribution in [0.15, 0.2) is 48.7 Å². The number of aryl methyl sites for hydroxylation is 1. The summed E-state index contributed by atoms with van der Waals surface area (Å²) in [6, 6.07) is 12.9. The third-order valence-corrected chi connectivity index (χ3v) is 5.22. The minimum Gasteiger partial charge on any atom is -0.497 e. The molecule has 0 bridgehead atoms. The van der Waals surface area contributed by atoms with Crippen LogP contribution in [0.3, 0.4) is 0 Å². The fourth-order valence-corrected chi connectivity index (χ4v) is 3.70. The second kappa shape index (κ2) is 7.87. The molecule has 1 amide bonds. The number of nitrogens with zero attached hydrogens (tertiary/aromatic N) is 2. The van der Waals surface area contributed by atoms with E-state index in [1.165, 1.54) is 0 Å². The van der Waals surface area contributed by atoms with Gasteiger partial charge in [-0.3, -0.25) is 9.78 Å². The quantitative estimate of drug-likeness (QED) is 0.866. The lowest BCUT2D eigenvalue weighted by molar-refractivity contribution is -0.137. The third kappa shape index (κ3) is 3.88. The minimum atomic E-state index is -1.09. The largest absolute Gasteiger partial charge is 0.497 e. The highest BCUT2D eigenvalue weighted by Gasteiger charge is 2.42. The molecule has 26 heavy (non-hydrogen) atoms. The van der Waals surface area contributed by atoms with Gasteiger partial charge >= 0.3 is 0 Å². The maximum absolute atomic E-state index is 12.8. The van der Waals surface area contributed by atoms with E-state index in [-0.39, 0.29) is 11.9 Å². The Labute approximate surface area is 154 Å². The molecule has 138 valence electrons. The number of hydrogen-bond acceptors (Lipinski definition) is 4. The smallest absolute Gasteiger partial charge is 0.223 e. The fourth-order valence-electron chi connectivity index (χ4n) is 3.70. The minimum absolute atomic E-state index is 0.0759. The van der Waals surface area contributed by atoms with Gasteiger partial charge in [0.25, 0.3) is 0 Å². The van der Waals surface area contributed by atoms with Gasteiger partial charge in [0, 0.05) is 24.9 Å². The summed E-state index contributed by atoms with van der Waals surface area (Å²) < 4.78 is 5.19. The van der Waals surface area contributed by atoms with Crippen LogP contribution in [0, 0.1) is 0 Å². The lowest BCUT2D eigenvalue weighted by atomic mass is 9.86. The number of aromatic nitrogens is 1. The molecule has 1 aromatic carbocycles. The van der Waals surface area contributed by atoms with Gasteiger partial charge in [0.2, 0.25) is 5.91 Å². The first kappa shape index (κ1) is 18.4. The van der Waals surface area contributed by atoms with Crippen LogP contribution in [0.4, 0.5) is 0 Å². The van der Waals surface area contributed by atoms with E-state index >= 15 is 0 Å². The number of benzene rings is 1. The SMILES string of the molecule is COc1ccc([C@@](C)(O)[C@@H]2CCCN2C(=O)CCc2ccccn2)cc1. The number of ether oxygens (including phenoxy) is 1. The second-order valence-corrected chi connectivity index (χ2v) is 6.94. The number of amides is 1. The Hall–Kier alpha value is -2.40. The van der Waals surface area contributed by atoms with Gasteiger partial charge < -0.3 is 14.7 Å². The molecule has 0 aliphatic carbocycles. The zero-order valence-corrected chi connectivity index (χ0v) is 15.4. The summed E-state index contributed by atoms with van der Waals surface area (Å²) >= 11 is 0. The number of rotatable bonds is 6. The van der Waals surface area contributed by atoms with Gasteiger partial charge in [0.15, 0.2) is 0 Å². The summed E-state index contributed by atoms with van der Waals surface area (Å²) in [5.74, 6) is 0.825. The Morgan fingerprint density at radius 3 is 2.73 bits per heavy atom. The van der Waals surface area contributed by atoms with Crippen molar-refractivity contribution < 1.29 is 14.6 Å². The third-order valence-electron chi connectivity index (χ3n) is 5.22. The number of methoxy groups -OCH3 is 1. The van der Waals surface area contributed by atoms with Crippen molar-refractivity contribution in [3.8, 4) is 5.75 Å². The van der Waals surface area contributed by atoms with Crippen LogP contribution in [0.1, 0.15) is 37.4 Å². The molecular weight excluding hydrogens is 328 g/mol. The Kier molecular flexibility index (Phi) is 5.57. The lowest BCUT2D eigenvalue weighted by Gasteiger charge is -2.37. The van der Waals surface area contributed by atoms with Gasteiger partial charge in [-0.25, -0.2) is 0 Å². The lowest BCUT2D eigenvalue weighted by Crippen LogP contribution is -2.48. The van der Waals surface area contributed by atoms with Gasteiger partial charge in [-0.15, -0.1) is 0 Å². The topological polar surface area (TPSA) is 62.7 Å². The first-order valence-electron chi connectivity index (χ1n) is 9.08. The van der Waals surface area contributed by atoms with E-state index in [2.05, 4.69) is 4.98 Å².